The number of halogens is 2. The standard InChI is InChI=1S/C19H20F2N4O5/c1-29-15(26)8-14(18(27)30-2)24-19(28)25-6-5-13-16(23-9-22-13)17(25)11-7-10(20)3-4-12(11)21/h3-4,7,9,14,17H,5-6,8H2,1-2H3,(H,22,23)(H,24,28)/t14-,17?/m0/s1. The predicted octanol–water partition coefficient (Wildman–Crippen LogP) is 1.45. The SMILES string of the molecule is COC(=O)C[C@H](NC(=O)N1CCc2[nH]cnc2C1c1cc(F)ccc1F)C(=O)OC. The van der Waals surface area contributed by atoms with Gasteiger partial charge in [0.2, 0.25) is 0 Å². The average molecular weight is 422 g/mol. The van der Waals surface area contributed by atoms with E-state index in [2.05, 4.69) is 24.8 Å². The fourth-order valence-corrected chi connectivity index (χ4v) is 3.35. The third-order valence-electron chi connectivity index (χ3n) is 4.82. The molecule has 9 nitrogen and oxygen atoms in total. The van der Waals surface area contributed by atoms with Gasteiger partial charge in [0.05, 0.1) is 32.7 Å². The summed E-state index contributed by atoms with van der Waals surface area (Å²) in [4.78, 5) is 44.9. The third kappa shape index (κ3) is 4.24. The van der Waals surface area contributed by atoms with Crippen molar-refractivity contribution < 1.29 is 32.6 Å². The Hall–Kier alpha value is -3.50. The lowest BCUT2D eigenvalue weighted by Gasteiger charge is -2.36. The number of aromatic nitrogens is 2. The van der Waals surface area contributed by atoms with Crippen molar-refractivity contribution in [2.45, 2.75) is 24.9 Å². The number of imidazole rings is 1. The summed E-state index contributed by atoms with van der Waals surface area (Å²) in [5, 5.41) is 2.42. The molecule has 2 N–H and O–H groups in total. The van der Waals surface area contributed by atoms with Gasteiger partial charge in [-0.2, -0.15) is 0 Å². The molecule has 0 spiro atoms. The van der Waals surface area contributed by atoms with Gasteiger partial charge in [0, 0.05) is 24.2 Å². The number of esters is 2. The van der Waals surface area contributed by atoms with Crippen LogP contribution >= 0.6 is 0 Å². The summed E-state index contributed by atoms with van der Waals surface area (Å²) in [6.07, 6.45) is 1.34. The van der Waals surface area contributed by atoms with Crippen molar-refractivity contribution in [1.29, 1.82) is 0 Å². The molecule has 1 unspecified atom stereocenters. The highest BCUT2D eigenvalue weighted by Gasteiger charge is 2.37. The van der Waals surface area contributed by atoms with Crippen LogP contribution in [0.4, 0.5) is 13.6 Å². The number of carbonyl (C=O) groups is 3. The molecule has 1 aromatic carbocycles. The molecule has 2 atom stereocenters. The fraction of sp³-hybridized carbons (Fsp3) is 0.368. The van der Waals surface area contributed by atoms with Crippen LogP contribution in [0.25, 0.3) is 0 Å². The number of rotatable bonds is 5. The van der Waals surface area contributed by atoms with Crippen LogP contribution in [0.1, 0.15) is 29.4 Å². The fourth-order valence-electron chi connectivity index (χ4n) is 3.35. The average Bonchev–Trinajstić information content (AvgIpc) is 3.22. The van der Waals surface area contributed by atoms with Crippen molar-refractivity contribution in [2.75, 3.05) is 20.8 Å². The number of benzene rings is 1. The van der Waals surface area contributed by atoms with Gasteiger partial charge in [-0.25, -0.2) is 23.4 Å². The summed E-state index contributed by atoms with van der Waals surface area (Å²) >= 11 is 0. The Labute approximate surface area is 170 Å². The van der Waals surface area contributed by atoms with Crippen LogP contribution in [0.2, 0.25) is 0 Å². The van der Waals surface area contributed by atoms with Crippen LogP contribution in [0, 0.1) is 11.6 Å². The number of nitrogens with zero attached hydrogens (tertiary/aromatic N) is 2. The number of ether oxygens (including phenoxy) is 2. The van der Waals surface area contributed by atoms with Crippen molar-refractivity contribution in [1.82, 2.24) is 20.2 Å². The number of fused-ring (bicyclic) bond motifs is 1. The number of urea groups is 1. The molecule has 1 aliphatic heterocycles. The number of amides is 2. The molecule has 11 heteroatoms. The highest BCUT2D eigenvalue weighted by atomic mass is 19.1. The first-order chi connectivity index (χ1) is 14.3. The first kappa shape index (κ1) is 21.2. The van der Waals surface area contributed by atoms with Gasteiger partial charge < -0.3 is 24.7 Å². The van der Waals surface area contributed by atoms with Gasteiger partial charge in [-0.15, -0.1) is 0 Å². The predicted molar refractivity (Wildman–Crippen MR) is 98.2 cm³/mol. The van der Waals surface area contributed by atoms with E-state index in [-0.39, 0.29) is 12.1 Å². The van der Waals surface area contributed by atoms with Crippen molar-refractivity contribution in [2.24, 2.45) is 0 Å². The first-order valence-electron chi connectivity index (χ1n) is 9.04. The Morgan fingerprint density at radius 3 is 2.77 bits per heavy atom. The molecule has 160 valence electrons. The topological polar surface area (TPSA) is 114 Å². The molecule has 0 saturated carbocycles. The summed E-state index contributed by atoms with van der Waals surface area (Å²) in [5.74, 6) is -2.96. The number of H-pyrrole nitrogens is 1. The summed E-state index contributed by atoms with van der Waals surface area (Å²) < 4.78 is 37.6. The van der Waals surface area contributed by atoms with Crippen LogP contribution < -0.4 is 5.32 Å². The van der Waals surface area contributed by atoms with Crippen molar-refractivity contribution in [3.8, 4) is 0 Å². The van der Waals surface area contributed by atoms with Gasteiger partial charge in [-0.1, -0.05) is 0 Å². The van der Waals surface area contributed by atoms with Crippen molar-refractivity contribution in [3.05, 3.63) is 53.1 Å². The lowest BCUT2D eigenvalue weighted by Crippen LogP contribution is -2.52. The van der Waals surface area contributed by atoms with Gasteiger partial charge in [0.25, 0.3) is 0 Å². The Kier molecular flexibility index (Phi) is 6.28. The molecule has 2 aromatic rings. The highest BCUT2D eigenvalue weighted by molar-refractivity contribution is 5.87. The Balaban J connectivity index is 1.94. The number of nitrogens with one attached hydrogen (secondary N) is 2. The zero-order valence-electron chi connectivity index (χ0n) is 16.3. The van der Waals surface area contributed by atoms with E-state index in [1.807, 2.05) is 0 Å². The maximum absolute atomic E-state index is 14.6. The maximum Gasteiger partial charge on any atom is 0.329 e. The van der Waals surface area contributed by atoms with Crippen LogP contribution in [0.15, 0.2) is 24.5 Å². The second kappa shape index (κ2) is 8.89. The van der Waals surface area contributed by atoms with E-state index in [4.69, 9.17) is 0 Å². The van der Waals surface area contributed by atoms with Crippen molar-refractivity contribution in [3.63, 3.8) is 0 Å². The maximum atomic E-state index is 14.6. The van der Waals surface area contributed by atoms with Crippen LogP contribution in [-0.2, 0) is 25.5 Å². The number of hydrogen-bond donors (Lipinski definition) is 2. The van der Waals surface area contributed by atoms with E-state index in [9.17, 15) is 23.2 Å². The molecule has 2 heterocycles. The van der Waals surface area contributed by atoms with Gasteiger partial charge in [-0.05, 0) is 18.2 Å². The van der Waals surface area contributed by atoms with Crippen LogP contribution in [0.3, 0.4) is 0 Å². The normalized spacial score (nSPS) is 16.4. The molecule has 0 radical (unpaired) electrons. The van der Waals surface area contributed by atoms with E-state index in [1.165, 1.54) is 11.2 Å². The van der Waals surface area contributed by atoms with Gasteiger partial charge >= 0.3 is 18.0 Å². The molecule has 0 aliphatic carbocycles. The minimum atomic E-state index is -1.31. The van der Waals surface area contributed by atoms with Crippen LogP contribution in [0.5, 0.6) is 0 Å². The summed E-state index contributed by atoms with van der Waals surface area (Å²) in [5.41, 5.74) is 0.969. The number of methoxy groups -OCH3 is 2. The van der Waals surface area contributed by atoms with E-state index < -0.39 is 48.1 Å². The quantitative estimate of drug-likeness (QED) is 0.705. The smallest absolute Gasteiger partial charge is 0.329 e. The van der Waals surface area contributed by atoms with Crippen LogP contribution in [-0.4, -0.2) is 59.6 Å². The summed E-state index contributed by atoms with van der Waals surface area (Å²) in [6, 6.07) is -0.175. The molecule has 1 aromatic heterocycles. The number of carbonyl (C=O) groups excluding carboxylic acids is 3. The van der Waals surface area contributed by atoms with E-state index in [0.717, 1.165) is 32.4 Å². The van der Waals surface area contributed by atoms with Gasteiger partial charge in [0.15, 0.2) is 0 Å². The molecular weight excluding hydrogens is 402 g/mol. The molecule has 0 bridgehead atoms. The molecular formula is C19H20F2N4O5. The molecule has 0 saturated heterocycles. The Morgan fingerprint density at radius 1 is 1.30 bits per heavy atom. The number of hydrogen-bond acceptors (Lipinski definition) is 6. The van der Waals surface area contributed by atoms with E-state index in [1.54, 1.807) is 0 Å². The lowest BCUT2D eigenvalue weighted by molar-refractivity contribution is -0.149. The number of aromatic amines is 1. The lowest BCUT2D eigenvalue weighted by atomic mass is 9.95. The monoisotopic (exact) mass is 422 g/mol. The highest BCUT2D eigenvalue weighted by Crippen LogP contribution is 2.35. The second-order valence-electron chi connectivity index (χ2n) is 6.58. The molecule has 1 aliphatic rings. The third-order valence-corrected chi connectivity index (χ3v) is 4.82. The van der Waals surface area contributed by atoms with Crippen molar-refractivity contribution >= 4 is 18.0 Å². The van der Waals surface area contributed by atoms with Gasteiger partial charge in [0.1, 0.15) is 23.7 Å². The zero-order valence-corrected chi connectivity index (χ0v) is 16.3. The Morgan fingerprint density at radius 2 is 2.07 bits per heavy atom. The van der Waals surface area contributed by atoms with E-state index >= 15 is 0 Å². The largest absolute Gasteiger partial charge is 0.469 e. The minimum Gasteiger partial charge on any atom is -0.469 e. The van der Waals surface area contributed by atoms with Gasteiger partial charge in [-0.3, -0.25) is 4.79 Å². The zero-order chi connectivity index (χ0) is 21.8. The first-order valence-corrected chi connectivity index (χ1v) is 9.04. The molecule has 2 amide bonds. The molecule has 0 fully saturated rings. The molecule has 30 heavy (non-hydrogen) atoms. The summed E-state index contributed by atoms with van der Waals surface area (Å²) in [7, 11) is 2.26. The van der Waals surface area contributed by atoms with E-state index in [0.29, 0.717) is 17.8 Å². The molecule has 3 rings (SSSR count). The minimum absolute atomic E-state index is 0.0826. The summed E-state index contributed by atoms with van der Waals surface area (Å²) in [6.45, 7) is 0.133. The Bertz CT molecular complexity index is 964. The second-order valence-corrected chi connectivity index (χ2v) is 6.58.